The predicted octanol–water partition coefficient (Wildman–Crippen LogP) is 1.89. The number of carboxylic acid groups (broad SMARTS) is 1. The van der Waals surface area contributed by atoms with Crippen LogP contribution in [-0.4, -0.2) is 25.6 Å². The molecule has 1 aliphatic rings. The van der Waals surface area contributed by atoms with E-state index < -0.39 is 5.97 Å². The van der Waals surface area contributed by atoms with Crippen LogP contribution in [0.15, 0.2) is 30.9 Å². The van der Waals surface area contributed by atoms with Crippen molar-refractivity contribution in [2.45, 2.75) is 25.5 Å². The number of carbonyl (C=O) groups is 1. The van der Waals surface area contributed by atoms with Crippen molar-refractivity contribution in [3.8, 4) is 5.75 Å². The molecule has 0 aromatic carbocycles. The summed E-state index contributed by atoms with van der Waals surface area (Å²) in [5.74, 6) is -0.494. The van der Waals surface area contributed by atoms with Crippen molar-refractivity contribution < 1.29 is 14.6 Å². The van der Waals surface area contributed by atoms with Gasteiger partial charge in [-0.15, -0.1) is 0 Å². The first-order valence-corrected chi connectivity index (χ1v) is 6.07. The Bertz CT molecular complexity index is 587. The van der Waals surface area contributed by atoms with Crippen molar-refractivity contribution in [1.29, 1.82) is 0 Å². The molecule has 0 unspecified atom stereocenters. The first-order valence-electron chi connectivity index (χ1n) is 6.07. The lowest BCUT2D eigenvalue weighted by molar-refractivity contribution is 0.0690. The molecule has 0 radical (unpaired) electrons. The fourth-order valence-corrected chi connectivity index (χ4v) is 1.87. The van der Waals surface area contributed by atoms with Gasteiger partial charge in [-0.1, -0.05) is 0 Å². The molecule has 3 rings (SSSR count). The maximum absolute atomic E-state index is 10.7. The Morgan fingerprint density at radius 3 is 2.89 bits per heavy atom. The Kier molecular flexibility index (Phi) is 2.91. The number of hydrogen-bond donors (Lipinski definition) is 1. The van der Waals surface area contributed by atoms with Crippen LogP contribution in [0.4, 0.5) is 0 Å². The fourth-order valence-electron chi connectivity index (χ4n) is 1.87. The molecule has 0 amide bonds. The predicted molar refractivity (Wildman–Crippen MR) is 66.0 cm³/mol. The van der Waals surface area contributed by atoms with E-state index in [-0.39, 0.29) is 5.69 Å². The average Bonchev–Trinajstić information content (AvgIpc) is 3.16. The molecule has 19 heavy (non-hydrogen) atoms. The first-order chi connectivity index (χ1) is 9.24. The number of imidazole rings is 1. The first kappa shape index (κ1) is 11.7. The Morgan fingerprint density at radius 1 is 1.42 bits per heavy atom. The van der Waals surface area contributed by atoms with Gasteiger partial charge in [-0.2, -0.15) is 0 Å². The Morgan fingerprint density at radius 2 is 2.26 bits per heavy atom. The highest BCUT2D eigenvalue weighted by atomic mass is 16.5. The molecule has 2 aromatic rings. The van der Waals surface area contributed by atoms with Crippen LogP contribution in [0, 0.1) is 0 Å². The lowest BCUT2D eigenvalue weighted by atomic mass is 10.3. The van der Waals surface area contributed by atoms with E-state index in [4.69, 9.17) is 9.84 Å². The largest absolute Gasteiger partial charge is 0.486 e. The third-order valence-corrected chi connectivity index (χ3v) is 3.03. The average molecular weight is 259 g/mol. The number of rotatable bonds is 5. The van der Waals surface area contributed by atoms with E-state index in [0.29, 0.717) is 18.4 Å². The fraction of sp³-hybridized carbons (Fsp3) is 0.308. The van der Waals surface area contributed by atoms with E-state index in [1.807, 2.05) is 6.33 Å². The van der Waals surface area contributed by atoms with Crippen LogP contribution in [0.2, 0.25) is 0 Å². The van der Waals surface area contributed by atoms with Crippen LogP contribution in [0.1, 0.15) is 35.1 Å². The Hall–Kier alpha value is -2.37. The summed E-state index contributed by atoms with van der Waals surface area (Å²) < 4.78 is 7.71. The lowest BCUT2D eigenvalue weighted by Crippen LogP contribution is -2.04. The molecule has 0 aliphatic heterocycles. The van der Waals surface area contributed by atoms with Crippen LogP contribution in [0.5, 0.6) is 5.75 Å². The number of nitrogens with zero attached hydrogens (tertiary/aromatic N) is 3. The zero-order valence-electron chi connectivity index (χ0n) is 10.2. The van der Waals surface area contributed by atoms with Crippen molar-refractivity contribution in [3.63, 3.8) is 0 Å². The van der Waals surface area contributed by atoms with Gasteiger partial charge in [0.2, 0.25) is 0 Å². The monoisotopic (exact) mass is 259 g/mol. The van der Waals surface area contributed by atoms with Crippen molar-refractivity contribution >= 4 is 5.97 Å². The van der Waals surface area contributed by atoms with Gasteiger partial charge in [-0.3, -0.25) is 0 Å². The molecule has 0 atom stereocenters. The second-order valence-electron chi connectivity index (χ2n) is 4.50. The number of aromatic nitrogens is 3. The number of carboxylic acids is 1. The molecule has 2 aromatic heterocycles. The molecule has 6 heteroatoms. The van der Waals surface area contributed by atoms with Crippen LogP contribution in [0.25, 0.3) is 0 Å². The molecular formula is C13H13N3O3. The van der Waals surface area contributed by atoms with Crippen LogP contribution < -0.4 is 4.74 Å². The molecule has 1 N–H and O–H groups in total. The maximum atomic E-state index is 10.7. The summed E-state index contributed by atoms with van der Waals surface area (Å²) in [4.78, 5) is 18.6. The number of pyridine rings is 1. The smallest absolute Gasteiger partial charge is 0.354 e. The minimum atomic E-state index is -1.04. The van der Waals surface area contributed by atoms with Gasteiger partial charge in [-0.05, 0) is 25.0 Å². The van der Waals surface area contributed by atoms with E-state index in [0.717, 1.165) is 5.69 Å². The van der Waals surface area contributed by atoms with E-state index in [1.165, 1.54) is 25.1 Å². The SMILES string of the molecule is O=C(O)c1ccc(OCc2cncn2C2CC2)cn1. The Balaban J connectivity index is 1.65. The third kappa shape index (κ3) is 2.57. The molecule has 1 fully saturated rings. The van der Waals surface area contributed by atoms with Gasteiger partial charge in [0.25, 0.3) is 0 Å². The van der Waals surface area contributed by atoms with Gasteiger partial charge in [0, 0.05) is 6.04 Å². The zero-order valence-corrected chi connectivity index (χ0v) is 10.2. The van der Waals surface area contributed by atoms with Gasteiger partial charge in [0.15, 0.2) is 0 Å². The van der Waals surface area contributed by atoms with E-state index >= 15 is 0 Å². The second-order valence-corrected chi connectivity index (χ2v) is 4.50. The summed E-state index contributed by atoms with van der Waals surface area (Å²) in [6.45, 7) is 0.407. The van der Waals surface area contributed by atoms with Gasteiger partial charge in [0.1, 0.15) is 18.1 Å². The summed E-state index contributed by atoms with van der Waals surface area (Å²) in [7, 11) is 0. The molecule has 2 heterocycles. The highest BCUT2D eigenvalue weighted by Gasteiger charge is 2.25. The van der Waals surface area contributed by atoms with Crippen molar-refractivity contribution in [3.05, 3.63) is 42.2 Å². The molecule has 0 saturated heterocycles. The van der Waals surface area contributed by atoms with E-state index in [9.17, 15) is 4.79 Å². The minimum Gasteiger partial charge on any atom is -0.486 e. The number of ether oxygens (including phenoxy) is 1. The standard InChI is InChI=1S/C13H13N3O3/c17-13(18)12-4-3-11(6-15-12)19-7-10-5-14-8-16(10)9-1-2-9/h3-6,8-9H,1-2,7H2,(H,17,18). The quantitative estimate of drug-likeness (QED) is 0.887. The molecule has 1 saturated carbocycles. The topological polar surface area (TPSA) is 77.2 Å². The van der Waals surface area contributed by atoms with Gasteiger partial charge in [-0.25, -0.2) is 14.8 Å². The molecule has 98 valence electrons. The Labute approximate surface area is 109 Å². The van der Waals surface area contributed by atoms with Crippen molar-refractivity contribution in [2.75, 3.05) is 0 Å². The highest BCUT2D eigenvalue weighted by molar-refractivity contribution is 5.85. The lowest BCUT2D eigenvalue weighted by Gasteiger charge is -2.08. The molecule has 0 bridgehead atoms. The van der Waals surface area contributed by atoms with Crippen molar-refractivity contribution in [2.24, 2.45) is 0 Å². The van der Waals surface area contributed by atoms with Gasteiger partial charge in [0.05, 0.1) is 24.4 Å². The maximum Gasteiger partial charge on any atom is 0.354 e. The van der Waals surface area contributed by atoms with Crippen molar-refractivity contribution in [1.82, 2.24) is 14.5 Å². The summed E-state index contributed by atoms with van der Waals surface area (Å²) in [5, 5.41) is 8.75. The zero-order chi connectivity index (χ0) is 13.2. The summed E-state index contributed by atoms with van der Waals surface area (Å²) in [6, 6.07) is 3.60. The van der Waals surface area contributed by atoms with Crippen LogP contribution in [0.3, 0.4) is 0 Å². The number of aromatic carboxylic acids is 1. The summed E-state index contributed by atoms with van der Waals surface area (Å²) in [5.41, 5.74) is 1.03. The molecule has 6 nitrogen and oxygen atoms in total. The second kappa shape index (κ2) is 4.72. The minimum absolute atomic E-state index is 0.00960. The molecular weight excluding hydrogens is 246 g/mol. The highest BCUT2D eigenvalue weighted by Crippen LogP contribution is 2.35. The number of hydrogen-bond acceptors (Lipinski definition) is 4. The van der Waals surface area contributed by atoms with Crippen LogP contribution in [-0.2, 0) is 6.61 Å². The molecule has 0 spiro atoms. The van der Waals surface area contributed by atoms with E-state index in [2.05, 4.69) is 14.5 Å². The van der Waals surface area contributed by atoms with Crippen LogP contribution >= 0.6 is 0 Å². The van der Waals surface area contributed by atoms with Gasteiger partial charge < -0.3 is 14.4 Å². The van der Waals surface area contributed by atoms with E-state index in [1.54, 1.807) is 12.3 Å². The normalized spacial score (nSPS) is 14.3. The molecule has 1 aliphatic carbocycles. The summed E-state index contributed by atoms with van der Waals surface area (Å²) in [6.07, 6.45) is 7.41. The third-order valence-electron chi connectivity index (χ3n) is 3.03. The summed E-state index contributed by atoms with van der Waals surface area (Å²) >= 11 is 0. The van der Waals surface area contributed by atoms with Gasteiger partial charge >= 0.3 is 5.97 Å².